The zero-order valence-electron chi connectivity index (χ0n) is 9.57. The molecule has 0 bridgehead atoms. The lowest BCUT2D eigenvalue weighted by Crippen LogP contribution is -2.43. The summed E-state index contributed by atoms with van der Waals surface area (Å²) in [5.41, 5.74) is 0.306. The first-order valence-electron chi connectivity index (χ1n) is 5.63. The first-order valence-corrected chi connectivity index (χ1v) is 6.54. The Kier molecular flexibility index (Phi) is 3.76. The van der Waals surface area contributed by atoms with Gasteiger partial charge in [0.2, 0.25) is 0 Å². The fraction of sp³-hybridized carbons (Fsp3) is 0.500. The van der Waals surface area contributed by atoms with E-state index in [0.29, 0.717) is 23.0 Å². The number of pyridine rings is 1. The van der Waals surface area contributed by atoms with E-state index in [-0.39, 0.29) is 5.91 Å². The summed E-state index contributed by atoms with van der Waals surface area (Å²) >= 11 is 3.57. The summed E-state index contributed by atoms with van der Waals surface area (Å²) in [6.45, 7) is 3.58. The number of likely N-dealkylation sites (tertiary alicyclic amines) is 1. The van der Waals surface area contributed by atoms with Crippen molar-refractivity contribution in [1.82, 2.24) is 9.88 Å². The fourth-order valence-electron chi connectivity index (χ4n) is 1.87. The number of aromatic nitrogens is 1. The Labute approximate surface area is 108 Å². The van der Waals surface area contributed by atoms with Gasteiger partial charge in [0.25, 0.3) is 5.91 Å². The van der Waals surface area contributed by atoms with Gasteiger partial charge in [-0.2, -0.15) is 0 Å². The van der Waals surface area contributed by atoms with Gasteiger partial charge in [0.05, 0.1) is 6.20 Å². The Morgan fingerprint density at radius 1 is 1.59 bits per heavy atom. The Morgan fingerprint density at radius 2 is 2.35 bits per heavy atom. The van der Waals surface area contributed by atoms with E-state index in [2.05, 4.69) is 27.8 Å². The lowest BCUT2D eigenvalue weighted by molar-refractivity contribution is 0.0700. The van der Waals surface area contributed by atoms with Crippen molar-refractivity contribution in [3.8, 4) is 0 Å². The maximum Gasteiger partial charge on any atom is 0.272 e. The van der Waals surface area contributed by atoms with E-state index in [0.717, 1.165) is 19.2 Å². The van der Waals surface area contributed by atoms with Gasteiger partial charge in [0, 0.05) is 17.9 Å². The summed E-state index contributed by atoms with van der Waals surface area (Å²) in [7, 11) is 0. The van der Waals surface area contributed by atoms with Crippen LogP contribution in [0.25, 0.3) is 0 Å². The first-order chi connectivity index (χ1) is 8.08. The summed E-state index contributed by atoms with van der Waals surface area (Å²) in [6.07, 6.45) is 2.05. The van der Waals surface area contributed by atoms with E-state index >= 15 is 0 Å². The highest BCUT2D eigenvalue weighted by molar-refractivity contribution is 9.09. The van der Waals surface area contributed by atoms with Crippen LogP contribution in [0.3, 0.4) is 0 Å². The minimum Gasteiger partial charge on any atom is -0.336 e. The molecule has 0 saturated carbocycles. The molecule has 0 aliphatic carbocycles. The third-order valence-corrected chi connectivity index (χ3v) is 4.29. The Morgan fingerprint density at radius 3 is 2.94 bits per heavy atom. The van der Waals surface area contributed by atoms with Crippen LogP contribution in [0.5, 0.6) is 0 Å². The molecule has 2 rings (SSSR count). The molecular weight excluding hydrogens is 287 g/mol. The number of piperidine rings is 1. The van der Waals surface area contributed by atoms with E-state index in [1.165, 1.54) is 12.1 Å². The average Bonchev–Trinajstić information content (AvgIpc) is 2.33. The van der Waals surface area contributed by atoms with Gasteiger partial charge in [-0.1, -0.05) is 22.9 Å². The van der Waals surface area contributed by atoms with Gasteiger partial charge in [-0.3, -0.25) is 4.79 Å². The van der Waals surface area contributed by atoms with Crippen LogP contribution in [-0.2, 0) is 0 Å². The highest BCUT2D eigenvalue weighted by Gasteiger charge is 2.28. The van der Waals surface area contributed by atoms with E-state index < -0.39 is 5.82 Å². The van der Waals surface area contributed by atoms with Gasteiger partial charge in [0.15, 0.2) is 0 Å². The third kappa shape index (κ3) is 2.83. The topological polar surface area (TPSA) is 33.2 Å². The number of halogens is 2. The van der Waals surface area contributed by atoms with E-state index in [9.17, 15) is 9.18 Å². The third-order valence-electron chi connectivity index (χ3n) is 3.10. The maximum atomic E-state index is 12.7. The first kappa shape index (κ1) is 12.5. The molecule has 92 valence electrons. The normalized spacial score (nSPS) is 24.8. The predicted octanol–water partition coefficient (Wildman–Crippen LogP) is 2.47. The molecule has 5 heteroatoms. The molecule has 1 saturated heterocycles. The summed E-state index contributed by atoms with van der Waals surface area (Å²) in [6, 6.07) is 2.69. The number of carbonyl (C=O) groups is 1. The fourth-order valence-corrected chi connectivity index (χ4v) is 2.48. The summed E-state index contributed by atoms with van der Waals surface area (Å²) in [5.74, 6) is 0.0220. The second-order valence-corrected chi connectivity index (χ2v) is 5.57. The van der Waals surface area contributed by atoms with Crippen LogP contribution in [0.1, 0.15) is 23.8 Å². The SMILES string of the molecule is CC1CCN(C(=O)c2ccc(F)cn2)CC1Br. The summed E-state index contributed by atoms with van der Waals surface area (Å²) in [4.78, 5) is 18.0. The van der Waals surface area contributed by atoms with Crippen LogP contribution in [0.15, 0.2) is 18.3 Å². The van der Waals surface area contributed by atoms with E-state index in [4.69, 9.17) is 0 Å². The highest BCUT2D eigenvalue weighted by atomic mass is 79.9. The molecule has 0 spiro atoms. The summed E-state index contributed by atoms with van der Waals surface area (Å²) in [5, 5.41) is 0. The molecule has 1 aliphatic rings. The molecule has 1 fully saturated rings. The highest BCUT2D eigenvalue weighted by Crippen LogP contribution is 2.24. The smallest absolute Gasteiger partial charge is 0.272 e. The van der Waals surface area contributed by atoms with Crippen LogP contribution in [0.4, 0.5) is 4.39 Å². The van der Waals surface area contributed by atoms with Gasteiger partial charge < -0.3 is 4.90 Å². The van der Waals surface area contributed by atoms with Gasteiger partial charge >= 0.3 is 0 Å². The molecule has 2 heterocycles. The number of rotatable bonds is 1. The van der Waals surface area contributed by atoms with Crippen molar-refractivity contribution in [2.24, 2.45) is 5.92 Å². The van der Waals surface area contributed by atoms with E-state index in [1.807, 2.05) is 0 Å². The molecule has 0 radical (unpaired) electrons. The lowest BCUT2D eigenvalue weighted by Gasteiger charge is -2.34. The second-order valence-electron chi connectivity index (χ2n) is 4.39. The summed E-state index contributed by atoms with van der Waals surface area (Å²) < 4.78 is 12.7. The molecule has 3 nitrogen and oxygen atoms in total. The average molecular weight is 301 g/mol. The van der Waals surface area contributed by atoms with Crippen molar-refractivity contribution in [1.29, 1.82) is 0 Å². The minimum absolute atomic E-state index is 0.124. The molecular formula is C12H14BrFN2O. The number of hydrogen-bond donors (Lipinski definition) is 0. The predicted molar refractivity (Wildman–Crippen MR) is 66.6 cm³/mol. The lowest BCUT2D eigenvalue weighted by atomic mass is 9.99. The molecule has 1 aromatic rings. The van der Waals surface area contributed by atoms with Crippen LogP contribution in [0.2, 0.25) is 0 Å². The minimum atomic E-state index is -0.424. The van der Waals surface area contributed by atoms with Gasteiger partial charge in [0.1, 0.15) is 11.5 Å². The zero-order chi connectivity index (χ0) is 12.4. The molecule has 17 heavy (non-hydrogen) atoms. The van der Waals surface area contributed by atoms with Crippen LogP contribution >= 0.6 is 15.9 Å². The van der Waals surface area contributed by atoms with Gasteiger partial charge in [-0.15, -0.1) is 0 Å². The van der Waals surface area contributed by atoms with E-state index in [1.54, 1.807) is 4.90 Å². The molecule has 0 N–H and O–H groups in total. The Hall–Kier alpha value is -0.970. The van der Waals surface area contributed by atoms with Crippen molar-refractivity contribution < 1.29 is 9.18 Å². The van der Waals surface area contributed by atoms with Crippen molar-refractivity contribution in [2.75, 3.05) is 13.1 Å². The molecule has 1 amide bonds. The molecule has 1 aromatic heterocycles. The molecule has 0 aromatic carbocycles. The van der Waals surface area contributed by atoms with Crippen LogP contribution in [0, 0.1) is 11.7 Å². The van der Waals surface area contributed by atoms with Crippen LogP contribution in [-0.4, -0.2) is 33.7 Å². The van der Waals surface area contributed by atoms with Crippen molar-refractivity contribution in [2.45, 2.75) is 18.2 Å². The molecule has 2 unspecified atom stereocenters. The number of amides is 1. The zero-order valence-corrected chi connectivity index (χ0v) is 11.2. The monoisotopic (exact) mass is 300 g/mol. The second kappa shape index (κ2) is 5.12. The molecule has 1 aliphatic heterocycles. The number of carbonyl (C=O) groups excluding carboxylic acids is 1. The quantitative estimate of drug-likeness (QED) is 0.747. The standard InChI is InChI=1S/C12H14BrFN2O/c1-8-4-5-16(7-10(8)13)12(17)11-3-2-9(14)6-15-11/h2-3,6,8,10H,4-5,7H2,1H3. The number of nitrogens with zero attached hydrogens (tertiary/aromatic N) is 2. The maximum absolute atomic E-state index is 12.7. The van der Waals surface area contributed by atoms with Gasteiger partial charge in [-0.05, 0) is 24.5 Å². The number of hydrogen-bond acceptors (Lipinski definition) is 2. The Balaban J connectivity index is 2.08. The van der Waals surface area contributed by atoms with Crippen molar-refractivity contribution >= 4 is 21.8 Å². The molecule has 2 atom stereocenters. The van der Waals surface area contributed by atoms with Gasteiger partial charge in [-0.25, -0.2) is 9.37 Å². The Bertz CT molecular complexity index is 409. The van der Waals surface area contributed by atoms with Crippen LogP contribution < -0.4 is 0 Å². The van der Waals surface area contributed by atoms with Crippen molar-refractivity contribution in [3.63, 3.8) is 0 Å². The number of alkyl halides is 1. The largest absolute Gasteiger partial charge is 0.336 e. The van der Waals surface area contributed by atoms with Crippen molar-refractivity contribution in [3.05, 3.63) is 29.8 Å².